The lowest BCUT2D eigenvalue weighted by Gasteiger charge is -2.20. The third-order valence-corrected chi connectivity index (χ3v) is 4.67. The highest BCUT2D eigenvalue weighted by Crippen LogP contribution is 2.24. The molecule has 6 heteroatoms. The fourth-order valence-electron chi connectivity index (χ4n) is 3.21. The monoisotopic (exact) mass is 383 g/mol. The zero-order chi connectivity index (χ0) is 20.4. The summed E-state index contributed by atoms with van der Waals surface area (Å²) in [5.41, 5.74) is 7.17. The second kappa shape index (κ2) is 11.1. The fourth-order valence-corrected chi connectivity index (χ4v) is 3.21. The standard InChI is InChI=1S/C22H29N3O3/c1-4-19(25-23-3)17-13-10-16(11-14-17)12-15-21(26)24-20-9-7-6-8-18(20)22(27)28-5-2/h4,10-11,13-14,25H,3,5-9,12,15H2,1-2H3,(H,24,26)/b19-4-. The maximum Gasteiger partial charge on any atom is 0.335 e. The van der Waals surface area contributed by atoms with Gasteiger partial charge in [-0.05, 0) is 57.1 Å². The molecule has 0 saturated heterocycles. The SMILES string of the molecule is C=NN/C(=C\C)c1ccc(CCC(=O)NC2=C(C(=O)OCC)CCCC2)cc1. The Labute approximate surface area is 166 Å². The lowest BCUT2D eigenvalue weighted by atomic mass is 9.96. The first-order valence-corrected chi connectivity index (χ1v) is 9.75. The largest absolute Gasteiger partial charge is 0.463 e. The number of carbonyl (C=O) groups is 2. The third-order valence-electron chi connectivity index (χ3n) is 4.67. The molecule has 0 heterocycles. The van der Waals surface area contributed by atoms with E-state index in [9.17, 15) is 9.59 Å². The van der Waals surface area contributed by atoms with E-state index >= 15 is 0 Å². The average Bonchev–Trinajstić information content (AvgIpc) is 2.71. The number of hydrogen-bond acceptors (Lipinski definition) is 5. The highest BCUT2D eigenvalue weighted by atomic mass is 16.5. The average molecular weight is 383 g/mol. The van der Waals surface area contributed by atoms with Gasteiger partial charge in [0.15, 0.2) is 0 Å². The molecular formula is C22H29N3O3. The van der Waals surface area contributed by atoms with Crippen molar-refractivity contribution < 1.29 is 14.3 Å². The number of carbonyl (C=O) groups excluding carboxylic acids is 2. The van der Waals surface area contributed by atoms with Gasteiger partial charge in [-0.25, -0.2) is 4.79 Å². The van der Waals surface area contributed by atoms with Gasteiger partial charge in [0.1, 0.15) is 0 Å². The molecule has 150 valence electrons. The molecule has 1 aliphatic carbocycles. The summed E-state index contributed by atoms with van der Waals surface area (Å²) >= 11 is 0. The van der Waals surface area contributed by atoms with Crippen molar-refractivity contribution in [3.63, 3.8) is 0 Å². The van der Waals surface area contributed by atoms with Crippen LogP contribution in [0, 0.1) is 0 Å². The molecule has 0 bridgehead atoms. The van der Waals surface area contributed by atoms with Gasteiger partial charge in [-0.3, -0.25) is 10.2 Å². The molecule has 0 aliphatic heterocycles. The van der Waals surface area contributed by atoms with Crippen LogP contribution in [0.5, 0.6) is 0 Å². The summed E-state index contributed by atoms with van der Waals surface area (Å²) in [5, 5.41) is 6.63. The molecule has 0 atom stereocenters. The normalized spacial score (nSPS) is 14.4. The van der Waals surface area contributed by atoms with Crippen LogP contribution in [0.2, 0.25) is 0 Å². The number of esters is 1. The van der Waals surface area contributed by atoms with Crippen molar-refractivity contribution in [2.24, 2.45) is 5.10 Å². The van der Waals surface area contributed by atoms with Crippen LogP contribution in [0.3, 0.4) is 0 Å². The molecule has 28 heavy (non-hydrogen) atoms. The number of aryl methyl sites for hydroxylation is 1. The predicted octanol–water partition coefficient (Wildman–Crippen LogP) is 3.69. The minimum absolute atomic E-state index is 0.0746. The molecule has 0 spiro atoms. The van der Waals surface area contributed by atoms with Gasteiger partial charge in [0, 0.05) is 18.8 Å². The molecular weight excluding hydrogens is 354 g/mol. The molecule has 1 aromatic rings. The molecule has 0 unspecified atom stereocenters. The van der Waals surface area contributed by atoms with Crippen molar-refractivity contribution in [3.05, 3.63) is 52.7 Å². The molecule has 1 amide bonds. The molecule has 1 aromatic carbocycles. The van der Waals surface area contributed by atoms with Crippen LogP contribution in [-0.4, -0.2) is 25.2 Å². The Bertz CT molecular complexity index is 764. The quantitative estimate of drug-likeness (QED) is 0.387. The Hall–Kier alpha value is -2.89. The molecule has 0 radical (unpaired) electrons. The molecule has 0 aromatic heterocycles. The minimum Gasteiger partial charge on any atom is -0.463 e. The van der Waals surface area contributed by atoms with Crippen LogP contribution in [0.15, 0.2) is 46.7 Å². The first-order chi connectivity index (χ1) is 13.6. The molecule has 2 N–H and O–H groups in total. The highest BCUT2D eigenvalue weighted by Gasteiger charge is 2.21. The summed E-state index contributed by atoms with van der Waals surface area (Å²) < 4.78 is 5.11. The van der Waals surface area contributed by atoms with Crippen molar-refractivity contribution in [2.45, 2.75) is 52.4 Å². The number of amides is 1. The number of allylic oxidation sites excluding steroid dienone is 2. The Morgan fingerprint density at radius 1 is 1.21 bits per heavy atom. The molecule has 0 fully saturated rings. The summed E-state index contributed by atoms with van der Waals surface area (Å²) in [7, 11) is 0. The van der Waals surface area contributed by atoms with Gasteiger partial charge in [-0.1, -0.05) is 30.3 Å². The van der Waals surface area contributed by atoms with Crippen molar-refractivity contribution in [1.29, 1.82) is 0 Å². The summed E-state index contributed by atoms with van der Waals surface area (Å²) in [6.07, 6.45) is 6.22. The summed E-state index contributed by atoms with van der Waals surface area (Å²) in [5.74, 6) is -0.384. The van der Waals surface area contributed by atoms with E-state index in [-0.39, 0.29) is 11.9 Å². The molecule has 0 saturated carbocycles. The van der Waals surface area contributed by atoms with Crippen molar-refractivity contribution in [2.75, 3.05) is 6.61 Å². The number of benzene rings is 1. The van der Waals surface area contributed by atoms with E-state index < -0.39 is 0 Å². The Kier molecular flexibility index (Phi) is 8.46. The second-order valence-electron chi connectivity index (χ2n) is 6.60. The van der Waals surface area contributed by atoms with Gasteiger partial charge in [-0.2, -0.15) is 5.10 Å². The zero-order valence-electron chi connectivity index (χ0n) is 16.7. The first-order valence-electron chi connectivity index (χ1n) is 9.75. The van der Waals surface area contributed by atoms with Crippen molar-refractivity contribution >= 4 is 24.3 Å². The highest BCUT2D eigenvalue weighted by molar-refractivity contribution is 5.91. The zero-order valence-corrected chi connectivity index (χ0v) is 16.7. The van der Waals surface area contributed by atoms with Gasteiger partial charge in [0.05, 0.1) is 17.9 Å². The minimum atomic E-state index is -0.310. The van der Waals surface area contributed by atoms with Crippen LogP contribution in [0.1, 0.15) is 57.1 Å². The second-order valence-corrected chi connectivity index (χ2v) is 6.60. The summed E-state index contributed by atoms with van der Waals surface area (Å²) in [4.78, 5) is 24.5. The number of hydrazone groups is 1. The Morgan fingerprint density at radius 3 is 2.57 bits per heavy atom. The summed E-state index contributed by atoms with van der Waals surface area (Å²) in [6, 6.07) is 7.98. The number of hydrogen-bond donors (Lipinski definition) is 2. The number of ether oxygens (including phenoxy) is 1. The lowest BCUT2D eigenvalue weighted by molar-refractivity contribution is -0.138. The van der Waals surface area contributed by atoms with Crippen molar-refractivity contribution in [1.82, 2.24) is 10.7 Å². The van der Waals surface area contributed by atoms with Gasteiger partial charge in [0.2, 0.25) is 5.91 Å². The Morgan fingerprint density at radius 2 is 1.93 bits per heavy atom. The molecule has 1 aliphatic rings. The predicted molar refractivity (Wildman–Crippen MR) is 111 cm³/mol. The van der Waals surface area contributed by atoms with E-state index in [1.807, 2.05) is 37.3 Å². The van der Waals surface area contributed by atoms with E-state index in [1.54, 1.807) is 6.92 Å². The maximum absolute atomic E-state index is 12.4. The van der Waals surface area contributed by atoms with E-state index in [4.69, 9.17) is 4.74 Å². The third kappa shape index (κ3) is 6.08. The fraction of sp³-hybridized carbons (Fsp3) is 0.409. The van der Waals surface area contributed by atoms with E-state index in [1.165, 1.54) is 0 Å². The lowest BCUT2D eigenvalue weighted by Crippen LogP contribution is -2.28. The van der Waals surface area contributed by atoms with Crippen LogP contribution < -0.4 is 10.7 Å². The van der Waals surface area contributed by atoms with Gasteiger partial charge in [0.25, 0.3) is 0 Å². The van der Waals surface area contributed by atoms with E-state index in [0.717, 1.165) is 35.4 Å². The van der Waals surface area contributed by atoms with Crippen LogP contribution >= 0.6 is 0 Å². The smallest absolute Gasteiger partial charge is 0.335 e. The van der Waals surface area contributed by atoms with E-state index in [0.29, 0.717) is 37.9 Å². The summed E-state index contributed by atoms with van der Waals surface area (Å²) in [6.45, 7) is 7.49. The van der Waals surface area contributed by atoms with Crippen LogP contribution in [-0.2, 0) is 20.7 Å². The molecule has 6 nitrogen and oxygen atoms in total. The Balaban J connectivity index is 1.94. The number of rotatable bonds is 9. The van der Waals surface area contributed by atoms with Crippen LogP contribution in [0.4, 0.5) is 0 Å². The van der Waals surface area contributed by atoms with Gasteiger partial charge < -0.3 is 10.1 Å². The van der Waals surface area contributed by atoms with Crippen LogP contribution in [0.25, 0.3) is 5.70 Å². The van der Waals surface area contributed by atoms with E-state index in [2.05, 4.69) is 22.6 Å². The van der Waals surface area contributed by atoms with Gasteiger partial charge >= 0.3 is 5.97 Å². The number of nitrogens with zero attached hydrogens (tertiary/aromatic N) is 1. The topological polar surface area (TPSA) is 79.8 Å². The molecule has 2 rings (SSSR count). The van der Waals surface area contributed by atoms with Crippen molar-refractivity contribution in [3.8, 4) is 0 Å². The number of nitrogens with one attached hydrogen (secondary N) is 2. The first kappa shape index (κ1) is 21.4. The van der Waals surface area contributed by atoms with Gasteiger partial charge in [-0.15, -0.1) is 0 Å². The maximum atomic E-state index is 12.4.